The number of hydrogen-bond donors (Lipinski definition) is 0. The van der Waals surface area contributed by atoms with E-state index in [0.29, 0.717) is 10.8 Å². The number of hydrogen-bond acceptors (Lipinski definition) is 3. The fourth-order valence-corrected chi connectivity index (χ4v) is 4.72. The van der Waals surface area contributed by atoms with Crippen LogP contribution in [0.2, 0.25) is 0 Å². The zero-order valence-corrected chi connectivity index (χ0v) is 13.1. The Morgan fingerprint density at radius 3 is 2.90 bits per heavy atom. The SMILES string of the molecule is O=C(c1cccc(F)c1)N1CCSC(c2cccs2)CC1. The minimum Gasteiger partial charge on any atom is -0.338 e. The molecule has 1 amide bonds. The summed E-state index contributed by atoms with van der Waals surface area (Å²) in [6.07, 6.45) is 0.951. The molecule has 1 aromatic heterocycles. The van der Waals surface area contributed by atoms with E-state index < -0.39 is 0 Å². The number of halogens is 1. The third-order valence-corrected chi connectivity index (χ3v) is 6.01. The number of thioether (sulfide) groups is 1. The zero-order chi connectivity index (χ0) is 14.7. The maximum Gasteiger partial charge on any atom is 0.253 e. The molecule has 1 aliphatic heterocycles. The van der Waals surface area contributed by atoms with Crippen molar-refractivity contribution in [1.82, 2.24) is 4.90 Å². The number of carbonyl (C=O) groups excluding carboxylic acids is 1. The van der Waals surface area contributed by atoms with Gasteiger partial charge in [-0.3, -0.25) is 4.79 Å². The van der Waals surface area contributed by atoms with Crippen LogP contribution in [-0.2, 0) is 0 Å². The molecule has 110 valence electrons. The van der Waals surface area contributed by atoms with Gasteiger partial charge < -0.3 is 4.90 Å². The van der Waals surface area contributed by atoms with Crippen LogP contribution in [0.1, 0.15) is 26.9 Å². The largest absolute Gasteiger partial charge is 0.338 e. The maximum absolute atomic E-state index is 13.2. The summed E-state index contributed by atoms with van der Waals surface area (Å²) in [7, 11) is 0. The second-order valence-electron chi connectivity index (χ2n) is 4.97. The number of rotatable bonds is 2. The average Bonchev–Trinajstić information content (AvgIpc) is 2.91. The molecular weight excluding hydrogens is 305 g/mol. The van der Waals surface area contributed by atoms with Crippen LogP contribution < -0.4 is 0 Å². The highest BCUT2D eigenvalue weighted by Crippen LogP contribution is 2.36. The molecule has 0 saturated carbocycles. The van der Waals surface area contributed by atoms with Crippen molar-refractivity contribution in [3.05, 3.63) is 58.0 Å². The molecule has 1 unspecified atom stereocenters. The minimum absolute atomic E-state index is 0.0677. The van der Waals surface area contributed by atoms with Gasteiger partial charge in [0.25, 0.3) is 5.91 Å². The van der Waals surface area contributed by atoms with E-state index in [1.807, 2.05) is 16.7 Å². The molecule has 1 saturated heterocycles. The molecule has 2 heterocycles. The first-order valence-electron chi connectivity index (χ1n) is 6.94. The molecule has 0 N–H and O–H groups in total. The molecule has 2 nitrogen and oxygen atoms in total. The van der Waals surface area contributed by atoms with E-state index in [0.717, 1.165) is 25.3 Å². The lowest BCUT2D eigenvalue weighted by Crippen LogP contribution is -2.33. The van der Waals surface area contributed by atoms with Crippen LogP contribution in [0.4, 0.5) is 4.39 Å². The van der Waals surface area contributed by atoms with E-state index in [9.17, 15) is 9.18 Å². The Bertz CT molecular complexity index is 614. The van der Waals surface area contributed by atoms with Gasteiger partial charge in [-0.2, -0.15) is 11.8 Å². The molecule has 1 atom stereocenters. The van der Waals surface area contributed by atoms with Crippen molar-refractivity contribution in [3.8, 4) is 0 Å². The number of carbonyl (C=O) groups is 1. The summed E-state index contributed by atoms with van der Waals surface area (Å²) in [4.78, 5) is 15.7. The average molecular weight is 321 g/mol. The van der Waals surface area contributed by atoms with Gasteiger partial charge in [0.15, 0.2) is 0 Å². The van der Waals surface area contributed by atoms with Crippen LogP contribution in [0.25, 0.3) is 0 Å². The molecule has 1 aromatic carbocycles. The van der Waals surface area contributed by atoms with Crippen molar-refractivity contribution in [3.63, 3.8) is 0 Å². The minimum atomic E-state index is -0.360. The summed E-state index contributed by atoms with van der Waals surface area (Å²) in [5, 5.41) is 2.56. The van der Waals surface area contributed by atoms with Crippen molar-refractivity contribution in [1.29, 1.82) is 0 Å². The molecule has 0 aliphatic carbocycles. The predicted molar refractivity (Wildman–Crippen MR) is 86.4 cm³/mol. The van der Waals surface area contributed by atoms with Crippen LogP contribution in [0.3, 0.4) is 0 Å². The predicted octanol–water partition coefficient (Wildman–Crippen LogP) is 4.21. The fourth-order valence-electron chi connectivity index (χ4n) is 2.48. The van der Waals surface area contributed by atoms with E-state index in [2.05, 4.69) is 17.5 Å². The summed E-state index contributed by atoms with van der Waals surface area (Å²) in [6.45, 7) is 1.45. The van der Waals surface area contributed by atoms with Gasteiger partial charge in [-0.05, 0) is 36.1 Å². The summed E-state index contributed by atoms with van der Waals surface area (Å²) >= 11 is 3.68. The lowest BCUT2D eigenvalue weighted by molar-refractivity contribution is 0.0766. The van der Waals surface area contributed by atoms with Gasteiger partial charge in [0.05, 0.1) is 0 Å². The van der Waals surface area contributed by atoms with E-state index in [1.54, 1.807) is 23.5 Å². The molecule has 2 aromatic rings. The zero-order valence-electron chi connectivity index (χ0n) is 11.5. The lowest BCUT2D eigenvalue weighted by Gasteiger charge is -2.20. The van der Waals surface area contributed by atoms with Crippen molar-refractivity contribution in [2.75, 3.05) is 18.8 Å². The third-order valence-electron chi connectivity index (χ3n) is 3.56. The molecule has 0 spiro atoms. The molecular formula is C16H16FNOS2. The standard InChI is InChI=1S/C16H16FNOS2/c17-13-4-1-3-12(11-13)16(19)18-7-6-15(21-10-8-18)14-5-2-9-20-14/h1-5,9,11,15H,6-8,10H2. The van der Waals surface area contributed by atoms with Gasteiger partial charge in [0.1, 0.15) is 5.82 Å². The lowest BCUT2D eigenvalue weighted by atomic mass is 10.1. The molecule has 1 fully saturated rings. The normalized spacial score (nSPS) is 19.3. The third kappa shape index (κ3) is 3.47. The Morgan fingerprint density at radius 1 is 1.24 bits per heavy atom. The molecule has 0 radical (unpaired) electrons. The van der Waals surface area contributed by atoms with Crippen LogP contribution in [0.15, 0.2) is 41.8 Å². The van der Waals surface area contributed by atoms with Crippen molar-refractivity contribution in [2.45, 2.75) is 11.7 Å². The van der Waals surface area contributed by atoms with Gasteiger partial charge in [0, 0.05) is 34.5 Å². The van der Waals surface area contributed by atoms with E-state index in [-0.39, 0.29) is 11.7 Å². The number of benzene rings is 1. The molecule has 0 bridgehead atoms. The van der Waals surface area contributed by atoms with Crippen molar-refractivity contribution in [2.24, 2.45) is 0 Å². The van der Waals surface area contributed by atoms with Crippen LogP contribution in [0, 0.1) is 5.82 Å². The Hall–Kier alpha value is -1.33. The second-order valence-corrected chi connectivity index (χ2v) is 7.26. The van der Waals surface area contributed by atoms with Gasteiger partial charge in [-0.15, -0.1) is 11.3 Å². The van der Waals surface area contributed by atoms with E-state index in [1.165, 1.54) is 17.0 Å². The Labute approximate surface area is 132 Å². The summed E-state index contributed by atoms with van der Waals surface area (Å²) in [6, 6.07) is 10.2. The fraction of sp³-hybridized carbons (Fsp3) is 0.312. The Morgan fingerprint density at radius 2 is 2.14 bits per heavy atom. The van der Waals surface area contributed by atoms with Gasteiger partial charge >= 0.3 is 0 Å². The van der Waals surface area contributed by atoms with Crippen molar-refractivity contribution < 1.29 is 9.18 Å². The smallest absolute Gasteiger partial charge is 0.253 e. The molecule has 21 heavy (non-hydrogen) atoms. The molecule has 3 rings (SSSR count). The maximum atomic E-state index is 13.2. The van der Waals surface area contributed by atoms with E-state index >= 15 is 0 Å². The van der Waals surface area contributed by atoms with Crippen LogP contribution in [-0.4, -0.2) is 29.6 Å². The number of nitrogens with zero attached hydrogens (tertiary/aromatic N) is 1. The summed E-state index contributed by atoms with van der Waals surface area (Å²) in [5.74, 6) is 0.493. The Kier molecular flexibility index (Phi) is 4.60. The van der Waals surface area contributed by atoms with E-state index in [4.69, 9.17) is 0 Å². The number of thiophene rings is 1. The Balaban J connectivity index is 1.69. The first-order valence-corrected chi connectivity index (χ1v) is 8.87. The highest BCUT2D eigenvalue weighted by Gasteiger charge is 2.23. The first-order chi connectivity index (χ1) is 10.2. The molecule has 1 aliphatic rings. The van der Waals surface area contributed by atoms with Crippen molar-refractivity contribution >= 4 is 29.0 Å². The summed E-state index contributed by atoms with van der Waals surface area (Å²) in [5.41, 5.74) is 0.439. The van der Waals surface area contributed by atoms with Crippen LogP contribution in [0.5, 0.6) is 0 Å². The van der Waals surface area contributed by atoms with Crippen LogP contribution >= 0.6 is 23.1 Å². The molecule has 5 heteroatoms. The highest BCUT2D eigenvalue weighted by atomic mass is 32.2. The monoisotopic (exact) mass is 321 g/mol. The van der Waals surface area contributed by atoms with Gasteiger partial charge in [0.2, 0.25) is 0 Å². The second kappa shape index (κ2) is 6.62. The topological polar surface area (TPSA) is 20.3 Å². The van der Waals surface area contributed by atoms with Gasteiger partial charge in [-0.25, -0.2) is 4.39 Å². The quantitative estimate of drug-likeness (QED) is 0.826. The summed E-state index contributed by atoms with van der Waals surface area (Å²) < 4.78 is 13.2. The number of amides is 1. The first kappa shape index (κ1) is 14.6. The highest BCUT2D eigenvalue weighted by molar-refractivity contribution is 7.99. The van der Waals surface area contributed by atoms with Gasteiger partial charge in [-0.1, -0.05) is 12.1 Å².